The number of hydrogen-bond acceptors (Lipinski definition) is 5. The van der Waals surface area contributed by atoms with Crippen molar-refractivity contribution >= 4 is 16.7 Å². The van der Waals surface area contributed by atoms with Crippen LogP contribution in [0, 0.1) is 18.6 Å². The third kappa shape index (κ3) is 6.38. The van der Waals surface area contributed by atoms with Gasteiger partial charge in [-0.25, -0.2) is 8.78 Å². The van der Waals surface area contributed by atoms with Crippen molar-refractivity contribution in [3.8, 4) is 0 Å². The molecule has 2 heterocycles. The molecule has 7 nitrogen and oxygen atoms in total. The van der Waals surface area contributed by atoms with E-state index in [1.807, 2.05) is 0 Å². The number of halogens is 5. The molecule has 1 aliphatic heterocycles. The lowest BCUT2D eigenvalue weighted by molar-refractivity contribution is -0.137. The van der Waals surface area contributed by atoms with Crippen LogP contribution >= 0.6 is 0 Å². The number of aryl methyl sites for hydroxylation is 2. The van der Waals surface area contributed by atoms with E-state index in [0.29, 0.717) is 42.9 Å². The summed E-state index contributed by atoms with van der Waals surface area (Å²) in [6.45, 7) is 2.19. The molecule has 0 N–H and O–H groups in total. The van der Waals surface area contributed by atoms with Gasteiger partial charge < -0.3 is 4.90 Å². The standard InChI is InChI=1S/C24H24F5N5O2S/c1-15-30-32-34(31-15)14-17-13-18(24(27,28)29)7-5-16(17)6-8-22(35)33-11-9-19(10-12-33)37(36)21-4-2-3-20(25)23(21)26/h2-5,7,13,19H,6,8-12,14H2,1H3. The first-order valence-corrected chi connectivity index (χ1v) is 12.8. The number of hydrogen-bond donors (Lipinski definition) is 0. The summed E-state index contributed by atoms with van der Waals surface area (Å²) in [5.74, 6) is -1.99. The lowest BCUT2D eigenvalue weighted by atomic mass is 9.99. The molecule has 0 radical (unpaired) electrons. The number of carbonyl (C=O) groups excluding carboxylic acids is 1. The van der Waals surface area contributed by atoms with Gasteiger partial charge in [-0.05, 0) is 66.8 Å². The Morgan fingerprint density at radius 2 is 1.84 bits per heavy atom. The van der Waals surface area contributed by atoms with Crippen LogP contribution in [-0.4, -0.2) is 53.6 Å². The van der Waals surface area contributed by atoms with Crippen LogP contribution in [0.2, 0.25) is 0 Å². The number of alkyl halides is 3. The lowest BCUT2D eigenvalue weighted by Crippen LogP contribution is -2.41. The van der Waals surface area contributed by atoms with Gasteiger partial charge in [0.2, 0.25) is 5.91 Å². The Morgan fingerprint density at radius 3 is 2.49 bits per heavy atom. The molecule has 1 fully saturated rings. The Labute approximate surface area is 212 Å². The van der Waals surface area contributed by atoms with Gasteiger partial charge >= 0.3 is 6.18 Å². The monoisotopic (exact) mass is 541 g/mol. The molecule has 1 aromatic heterocycles. The molecule has 1 aliphatic rings. The largest absolute Gasteiger partial charge is 0.416 e. The fraction of sp³-hybridized carbons (Fsp3) is 0.417. The molecule has 198 valence electrons. The van der Waals surface area contributed by atoms with Crippen molar-refractivity contribution in [3.63, 3.8) is 0 Å². The summed E-state index contributed by atoms with van der Waals surface area (Å²) in [4.78, 5) is 15.4. The van der Waals surface area contributed by atoms with Gasteiger partial charge in [0.1, 0.15) is 0 Å². The number of carbonyl (C=O) groups is 1. The smallest absolute Gasteiger partial charge is 0.343 e. The van der Waals surface area contributed by atoms with E-state index in [-0.39, 0.29) is 30.2 Å². The van der Waals surface area contributed by atoms with Gasteiger partial charge in [0.25, 0.3) is 0 Å². The molecule has 1 atom stereocenters. The molecule has 4 rings (SSSR count). The van der Waals surface area contributed by atoms with Gasteiger partial charge in [-0.2, -0.15) is 18.0 Å². The Bertz CT molecular complexity index is 1300. The predicted octanol–water partition coefficient (Wildman–Crippen LogP) is 4.06. The normalized spacial score (nSPS) is 15.7. The summed E-state index contributed by atoms with van der Waals surface area (Å²) >= 11 is 0. The van der Waals surface area contributed by atoms with Crippen LogP contribution in [-0.2, 0) is 34.7 Å². The van der Waals surface area contributed by atoms with Crippen molar-refractivity contribution in [1.82, 2.24) is 25.1 Å². The summed E-state index contributed by atoms with van der Waals surface area (Å²) in [6.07, 6.45) is -3.53. The lowest BCUT2D eigenvalue weighted by Gasteiger charge is -2.31. The zero-order chi connectivity index (χ0) is 26.7. The molecule has 1 saturated heterocycles. The van der Waals surface area contributed by atoms with E-state index in [0.717, 1.165) is 18.2 Å². The molecule has 13 heteroatoms. The quantitative estimate of drug-likeness (QED) is 0.422. The molecule has 0 saturated carbocycles. The van der Waals surface area contributed by atoms with Crippen molar-refractivity contribution in [3.05, 3.63) is 70.5 Å². The molecule has 1 amide bonds. The maximum atomic E-state index is 14.0. The Hall–Kier alpha value is -3.22. The van der Waals surface area contributed by atoms with Gasteiger partial charge in [0.15, 0.2) is 17.5 Å². The van der Waals surface area contributed by atoms with Gasteiger partial charge in [0, 0.05) is 24.8 Å². The first kappa shape index (κ1) is 26.8. The van der Waals surface area contributed by atoms with E-state index in [2.05, 4.69) is 15.4 Å². The number of tetrazole rings is 1. The van der Waals surface area contributed by atoms with E-state index in [9.17, 15) is 31.0 Å². The number of nitrogens with zero attached hydrogens (tertiary/aromatic N) is 5. The first-order valence-electron chi connectivity index (χ1n) is 11.6. The average Bonchev–Trinajstić information content (AvgIpc) is 3.28. The third-order valence-corrected chi connectivity index (χ3v) is 8.06. The van der Waals surface area contributed by atoms with Crippen LogP contribution in [0.3, 0.4) is 0 Å². The average molecular weight is 542 g/mol. The maximum Gasteiger partial charge on any atom is 0.416 e. The highest BCUT2D eigenvalue weighted by molar-refractivity contribution is 7.85. The fourth-order valence-electron chi connectivity index (χ4n) is 4.27. The molecule has 0 bridgehead atoms. The minimum Gasteiger partial charge on any atom is -0.343 e. The molecule has 3 aromatic rings. The number of likely N-dealkylation sites (tertiary alicyclic amines) is 1. The third-order valence-electron chi connectivity index (χ3n) is 6.24. The highest BCUT2D eigenvalue weighted by Gasteiger charge is 2.32. The summed E-state index contributed by atoms with van der Waals surface area (Å²) < 4.78 is 80.1. The number of amides is 1. The number of aromatic nitrogens is 4. The second-order valence-electron chi connectivity index (χ2n) is 8.78. The SMILES string of the molecule is Cc1nnn(Cc2cc(C(F)(F)F)ccc2CCC(=O)N2CCC(S(=O)c3cccc(F)c3F)CC2)n1. The molecular weight excluding hydrogens is 517 g/mol. The number of rotatable bonds is 7. The van der Waals surface area contributed by atoms with Crippen LogP contribution in [0.4, 0.5) is 22.0 Å². The van der Waals surface area contributed by atoms with Crippen molar-refractivity contribution in [2.45, 2.75) is 55.5 Å². The van der Waals surface area contributed by atoms with Crippen molar-refractivity contribution in [2.75, 3.05) is 13.1 Å². The number of benzene rings is 2. The molecule has 0 aliphatic carbocycles. The first-order chi connectivity index (χ1) is 17.5. The van der Waals surface area contributed by atoms with Gasteiger partial charge in [0.05, 0.1) is 27.8 Å². The molecular formula is C24H24F5N5O2S. The van der Waals surface area contributed by atoms with Crippen LogP contribution in [0.15, 0.2) is 41.3 Å². The van der Waals surface area contributed by atoms with Crippen LogP contribution in [0.25, 0.3) is 0 Å². The van der Waals surface area contributed by atoms with E-state index >= 15 is 0 Å². The van der Waals surface area contributed by atoms with Crippen molar-refractivity contribution in [2.24, 2.45) is 0 Å². The Morgan fingerprint density at radius 1 is 1.11 bits per heavy atom. The van der Waals surface area contributed by atoms with Crippen molar-refractivity contribution in [1.29, 1.82) is 0 Å². The zero-order valence-corrected chi connectivity index (χ0v) is 20.7. The van der Waals surface area contributed by atoms with Gasteiger partial charge in [-0.3, -0.25) is 9.00 Å². The second kappa shape index (κ2) is 11.0. The summed E-state index contributed by atoms with van der Waals surface area (Å²) in [5.41, 5.74) is 0.0966. The zero-order valence-electron chi connectivity index (χ0n) is 19.8. The Balaban J connectivity index is 1.38. The highest BCUT2D eigenvalue weighted by atomic mass is 32.2. The molecule has 2 aromatic carbocycles. The highest BCUT2D eigenvalue weighted by Crippen LogP contribution is 2.31. The van der Waals surface area contributed by atoms with E-state index in [4.69, 9.17) is 0 Å². The van der Waals surface area contributed by atoms with Gasteiger partial charge in [-0.15, -0.1) is 10.2 Å². The van der Waals surface area contributed by atoms with Crippen LogP contribution in [0.5, 0.6) is 0 Å². The topological polar surface area (TPSA) is 81.0 Å². The van der Waals surface area contributed by atoms with Crippen LogP contribution < -0.4 is 0 Å². The Kier molecular flexibility index (Phi) is 8.00. The summed E-state index contributed by atoms with van der Waals surface area (Å²) in [6, 6.07) is 6.94. The molecule has 1 unspecified atom stereocenters. The second-order valence-corrected chi connectivity index (χ2v) is 10.5. The maximum absolute atomic E-state index is 14.0. The predicted molar refractivity (Wildman–Crippen MR) is 124 cm³/mol. The minimum atomic E-state index is -4.52. The number of piperidine rings is 1. The van der Waals surface area contributed by atoms with E-state index in [1.54, 1.807) is 11.8 Å². The van der Waals surface area contributed by atoms with E-state index < -0.39 is 39.4 Å². The summed E-state index contributed by atoms with van der Waals surface area (Å²) in [7, 11) is -1.75. The van der Waals surface area contributed by atoms with Gasteiger partial charge in [-0.1, -0.05) is 12.1 Å². The molecule has 0 spiro atoms. The summed E-state index contributed by atoms with van der Waals surface area (Å²) in [5, 5.41) is 11.2. The van der Waals surface area contributed by atoms with Crippen molar-refractivity contribution < 1.29 is 31.0 Å². The van der Waals surface area contributed by atoms with E-state index in [1.165, 1.54) is 23.0 Å². The minimum absolute atomic E-state index is 0.0257. The molecule has 37 heavy (non-hydrogen) atoms. The fourth-order valence-corrected chi connectivity index (χ4v) is 5.76. The van der Waals surface area contributed by atoms with Crippen LogP contribution in [0.1, 0.15) is 41.8 Å².